The minimum atomic E-state index is -0.0529. The molecule has 1 rings (SSSR count). The maximum absolute atomic E-state index is 11.6. The van der Waals surface area contributed by atoms with Gasteiger partial charge in [0, 0.05) is 6.42 Å². The van der Waals surface area contributed by atoms with Crippen molar-refractivity contribution in [1.29, 1.82) is 0 Å². The van der Waals surface area contributed by atoms with Crippen LogP contribution < -0.4 is 14.9 Å². The van der Waals surface area contributed by atoms with Gasteiger partial charge in [0.25, 0.3) is 0 Å². The van der Waals surface area contributed by atoms with Gasteiger partial charge in [0.2, 0.25) is 5.91 Å². The number of hydrogen-bond donors (Lipinski definition) is 1. The van der Waals surface area contributed by atoms with Crippen LogP contribution in [0, 0.1) is 0 Å². The molecule has 0 heterocycles. The van der Waals surface area contributed by atoms with Crippen molar-refractivity contribution in [2.75, 3.05) is 14.2 Å². The van der Waals surface area contributed by atoms with Crippen LogP contribution in [0.15, 0.2) is 23.3 Å². The van der Waals surface area contributed by atoms with Crippen molar-refractivity contribution in [2.24, 2.45) is 5.10 Å². The number of hydrogen-bond acceptors (Lipinski definition) is 4. The molecule has 1 aromatic carbocycles. The van der Waals surface area contributed by atoms with E-state index in [1.807, 2.05) is 6.07 Å². The average Bonchev–Trinajstić information content (AvgIpc) is 2.51. The van der Waals surface area contributed by atoms with Gasteiger partial charge in [0.05, 0.1) is 20.4 Å². The van der Waals surface area contributed by atoms with Gasteiger partial charge >= 0.3 is 0 Å². The molecule has 21 heavy (non-hydrogen) atoms. The van der Waals surface area contributed by atoms with Gasteiger partial charge in [-0.3, -0.25) is 4.79 Å². The lowest BCUT2D eigenvalue weighted by Crippen LogP contribution is -2.16. The largest absolute Gasteiger partial charge is 0.493 e. The molecule has 0 bridgehead atoms. The zero-order valence-electron chi connectivity index (χ0n) is 13.0. The summed E-state index contributed by atoms with van der Waals surface area (Å²) < 4.78 is 10.4. The van der Waals surface area contributed by atoms with Crippen LogP contribution in [0.1, 0.15) is 44.6 Å². The molecule has 5 nitrogen and oxygen atoms in total. The smallest absolute Gasteiger partial charge is 0.240 e. The second kappa shape index (κ2) is 9.80. The maximum atomic E-state index is 11.6. The van der Waals surface area contributed by atoms with Gasteiger partial charge in [0.1, 0.15) is 0 Å². The second-order valence-electron chi connectivity index (χ2n) is 4.72. The Labute approximate surface area is 126 Å². The van der Waals surface area contributed by atoms with Crippen molar-refractivity contribution in [3.05, 3.63) is 23.8 Å². The van der Waals surface area contributed by atoms with Crippen molar-refractivity contribution in [3.63, 3.8) is 0 Å². The topological polar surface area (TPSA) is 59.9 Å². The average molecular weight is 292 g/mol. The minimum absolute atomic E-state index is 0.0529. The highest BCUT2D eigenvalue weighted by molar-refractivity contribution is 5.83. The Hall–Kier alpha value is -2.04. The lowest BCUT2D eigenvalue weighted by atomic mass is 10.1. The van der Waals surface area contributed by atoms with E-state index in [9.17, 15) is 4.79 Å². The van der Waals surface area contributed by atoms with Crippen LogP contribution in [0.5, 0.6) is 11.5 Å². The first-order chi connectivity index (χ1) is 10.2. The summed E-state index contributed by atoms with van der Waals surface area (Å²) in [5.74, 6) is 1.24. The molecule has 0 aromatic heterocycles. The van der Waals surface area contributed by atoms with Crippen LogP contribution in [0.25, 0.3) is 0 Å². The van der Waals surface area contributed by atoms with Crippen LogP contribution in [0.4, 0.5) is 0 Å². The number of unbranched alkanes of at least 4 members (excludes halogenated alkanes) is 3. The summed E-state index contributed by atoms with van der Waals surface area (Å²) in [5, 5.41) is 3.95. The van der Waals surface area contributed by atoms with E-state index in [2.05, 4.69) is 17.5 Å². The van der Waals surface area contributed by atoms with Crippen molar-refractivity contribution >= 4 is 12.1 Å². The van der Waals surface area contributed by atoms with E-state index in [-0.39, 0.29) is 5.91 Å². The van der Waals surface area contributed by atoms with E-state index in [0.717, 1.165) is 18.4 Å². The van der Waals surface area contributed by atoms with Crippen molar-refractivity contribution in [3.8, 4) is 11.5 Å². The van der Waals surface area contributed by atoms with Crippen LogP contribution in [-0.4, -0.2) is 26.3 Å². The van der Waals surface area contributed by atoms with E-state index in [1.54, 1.807) is 32.6 Å². The number of ether oxygens (including phenoxy) is 2. The highest BCUT2D eigenvalue weighted by Gasteiger charge is 2.03. The monoisotopic (exact) mass is 292 g/mol. The number of benzene rings is 1. The fourth-order valence-electron chi connectivity index (χ4n) is 1.88. The quantitative estimate of drug-likeness (QED) is 0.432. The second-order valence-corrected chi connectivity index (χ2v) is 4.72. The molecule has 0 fully saturated rings. The van der Waals surface area contributed by atoms with E-state index in [4.69, 9.17) is 9.47 Å². The van der Waals surface area contributed by atoms with E-state index in [0.29, 0.717) is 17.9 Å². The Morgan fingerprint density at radius 2 is 1.95 bits per heavy atom. The number of carbonyl (C=O) groups is 1. The number of carbonyl (C=O) groups excluding carboxylic acids is 1. The molecule has 116 valence electrons. The predicted molar refractivity (Wildman–Crippen MR) is 84.0 cm³/mol. The number of nitrogens with one attached hydrogen (secondary N) is 1. The molecule has 0 spiro atoms. The molecule has 0 saturated carbocycles. The summed E-state index contributed by atoms with van der Waals surface area (Å²) in [6, 6.07) is 5.45. The first-order valence-corrected chi connectivity index (χ1v) is 7.25. The third kappa shape index (κ3) is 6.29. The highest BCUT2D eigenvalue weighted by Crippen LogP contribution is 2.26. The van der Waals surface area contributed by atoms with Gasteiger partial charge in [-0.05, 0) is 30.2 Å². The number of rotatable bonds is 9. The number of nitrogens with zero attached hydrogens (tertiary/aromatic N) is 1. The molecule has 1 amide bonds. The van der Waals surface area contributed by atoms with E-state index in [1.165, 1.54) is 12.8 Å². The van der Waals surface area contributed by atoms with Gasteiger partial charge in [-0.1, -0.05) is 26.2 Å². The summed E-state index contributed by atoms with van der Waals surface area (Å²) in [7, 11) is 3.17. The fourth-order valence-corrected chi connectivity index (χ4v) is 1.88. The first-order valence-electron chi connectivity index (χ1n) is 7.25. The molecule has 5 heteroatoms. The Kier molecular flexibility index (Phi) is 7.94. The summed E-state index contributed by atoms with van der Waals surface area (Å²) in [5.41, 5.74) is 3.36. The minimum Gasteiger partial charge on any atom is -0.493 e. The number of methoxy groups -OCH3 is 2. The van der Waals surface area contributed by atoms with Crippen molar-refractivity contribution in [1.82, 2.24) is 5.43 Å². The normalized spacial score (nSPS) is 10.6. The Morgan fingerprint density at radius 1 is 1.19 bits per heavy atom. The predicted octanol–water partition coefficient (Wildman–Crippen LogP) is 3.12. The molecule has 0 radical (unpaired) electrons. The zero-order chi connectivity index (χ0) is 15.5. The standard InChI is InChI=1S/C16H24N2O3/c1-4-5-6-7-8-16(19)18-17-12-13-9-10-14(20-2)15(11-13)21-3/h9-12H,4-8H2,1-3H3,(H,18,19). The van der Waals surface area contributed by atoms with Crippen molar-refractivity contribution < 1.29 is 14.3 Å². The molecular formula is C16H24N2O3. The van der Waals surface area contributed by atoms with Gasteiger partial charge < -0.3 is 9.47 Å². The zero-order valence-corrected chi connectivity index (χ0v) is 13.0. The molecule has 0 aliphatic rings. The van der Waals surface area contributed by atoms with Gasteiger partial charge in [-0.2, -0.15) is 5.10 Å². The molecule has 0 aliphatic carbocycles. The first kappa shape index (κ1) is 17.0. The molecule has 0 atom stereocenters. The summed E-state index contributed by atoms with van der Waals surface area (Å²) in [4.78, 5) is 11.6. The van der Waals surface area contributed by atoms with Gasteiger partial charge in [-0.15, -0.1) is 0 Å². The van der Waals surface area contributed by atoms with Gasteiger partial charge in [-0.25, -0.2) is 5.43 Å². The number of amides is 1. The third-order valence-corrected chi connectivity index (χ3v) is 3.07. The molecular weight excluding hydrogens is 268 g/mol. The van der Waals surface area contributed by atoms with Crippen LogP contribution in [0.3, 0.4) is 0 Å². The number of hydrazone groups is 1. The third-order valence-electron chi connectivity index (χ3n) is 3.07. The summed E-state index contributed by atoms with van der Waals surface area (Å²) in [6.07, 6.45) is 6.44. The Morgan fingerprint density at radius 3 is 2.62 bits per heavy atom. The molecule has 0 saturated heterocycles. The Balaban J connectivity index is 2.44. The molecule has 1 N–H and O–H groups in total. The maximum Gasteiger partial charge on any atom is 0.240 e. The lowest BCUT2D eigenvalue weighted by molar-refractivity contribution is -0.121. The SMILES string of the molecule is CCCCCCC(=O)NN=Cc1ccc(OC)c(OC)c1. The van der Waals surface area contributed by atoms with E-state index < -0.39 is 0 Å². The highest BCUT2D eigenvalue weighted by atomic mass is 16.5. The van der Waals surface area contributed by atoms with Gasteiger partial charge in [0.15, 0.2) is 11.5 Å². The van der Waals surface area contributed by atoms with Crippen LogP contribution >= 0.6 is 0 Å². The molecule has 1 aromatic rings. The summed E-state index contributed by atoms with van der Waals surface area (Å²) >= 11 is 0. The Bertz CT molecular complexity index is 473. The van der Waals surface area contributed by atoms with Crippen molar-refractivity contribution in [2.45, 2.75) is 39.0 Å². The fraction of sp³-hybridized carbons (Fsp3) is 0.500. The molecule has 0 unspecified atom stereocenters. The van der Waals surface area contributed by atoms with Crippen LogP contribution in [-0.2, 0) is 4.79 Å². The summed E-state index contributed by atoms with van der Waals surface area (Å²) in [6.45, 7) is 2.15. The van der Waals surface area contributed by atoms with Crippen LogP contribution in [0.2, 0.25) is 0 Å². The molecule has 0 aliphatic heterocycles. The lowest BCUT2D eigenvalue weighted by Gasteiger charge is -2.07. The van der Waals surface area contributed by atoms with E-state index >= 15 is 0 Å².